The van der Waals surface area contributed by atoms with Gasteiger partial charge in [-0.1, -0.05) is 40.9 Å². The van der Waals surface area contributed by atoms with Crippen molar-refractivity contribution in [3.05, 3.63) is 51.0 Å². The van der Waals surface area contributed by atoms with E-state index in [1.807, 2.05) is 6.07 Å². The molecular formula is C21H20Cl3NO4. The quantitative estimate of drug-likeness (QED) is 0.663. The highest BCUT2D eigenvalue weighted by Gasteiger charge is 2.43. The third-order valence-corrected chi connectivity index (χ3v) is 6.17. The van der Waals surface area contributed by atoms with E-state index in [0.29, 0.717) is 71.5 Å². The molecule has 1 amide bonds. The number of rotatable bonds is 3. The molecule has 0 atom stereocenters. The van der Waals surface area contributed by atoms with Gasteiger partial charge in [0.15, 0.2) is 11.5 Å². The van der Waals surface area contributed by atoms with Crippen LogP contribution >= 0.6 is 34.8 Å². The Morgan fingerprint density at radius 2 is 1.59 bits per heavy atom. The van der Waals surface area contributed by atoms with E-state index in [1.54, 1.807) is 24.3 Å². The summed E-state index contributed by atoms with van der Waals surface area (Å²) in [6.07, 6.45) is 1.79. The van der Waals surface area contributed by atoms with Gasteiger partial charge in [-0.05, 0) is 30.5 Å². The molecule has 2 aromatic carbocycles. The minimum atomic E-state index is -0.840. The molecule has 8 heteroatoms. The molecule has 0 bridgehead atoms. The minimum absolute atomic E-state index is 0.193. The molecule has 2 aliphatic heterocycles. The number of nitrogens with one attached hydrogen (secondary N) is 1. The predicted octanol–water partition coefficient (Wildman–Crippen LogP) is 5.50. The van der Waals surface area contributed by atoms with Crippen LogP contribution in [0.1, 0.15) is 24.8 Å². The maximum atomic E-state index is 13.5. The Labute approximate surface area is 184 Å². The van der Waals surface area contributed by atoms with Crippen LogP contribution in [-0.2, 0) is 14.9 Å². The average molecular weight is 457 g/mol. The summed E-state index contributed by atoms with van der Waals surface area (Å²) < 4.78 is 16.9. The van der Waals surface area contributed by atoms with E-state index in [2.05, 4.69) is 5.32 Å². The number of hydrogen-bond donors (Lipinski definition) is 1. The summed E-state index contributed by atoms with van der Waals surface area (Å²) in [5.41, 5.74) is 0.361. The highest BCUT2D eigenvalue weighted by Crippen LogP contribution is 2.42. The summed E-state index contributed by atoms with van der Waals surface area (Å²) in [5.74, 6) is 0.946. The molecule has 5 nitrogen and oxygen atoms in total. The number of carbonyl (C=O) groups excluding carboxylic acids is 1. The number of fused-ring (bicyclic) bond motifs is 1. The fraction of sp³-hybridized carbons (Fsp3) is 0.381. The zero-order valence-electron chi connectivity index (χ0n) is 15.6. The molecular weight excluding hydrogens is 437 g/mol. The fourth-order valence-corrected chi connectivity index (χ4v) is 4.53. The molecule has 0 saturated carbocycles. The Balaban J connectivity index is 1.68. The van der Waals surface area contributed by atoms with Crippen LogP contribution in [0.5, 0.6) is 11.5 Å². The molecule has 0 unspecified atom stereocenters. The van der Waals surface area contributed by atoms with Crippen molar-refractivity contribution in [2.75, 3.05) is 31.7 Å². The Morgan fingerprint density at radius 1 is 0.897 bits per heavy atom. The summed E-state index contributed by atoms with van der Waals surface area (Å²) in [6.45, 7) is 2.03. The number of halogens is 3. The Hall–Kier alpha value is -1.66. The molecule has 4 rings (SSSR count). The second-order valence-corrected chi connectivity index (χ2v) is 8.35. The standard InChI is InChI=1S/C21H20Cl3NO4/c22-13-2-3-14(15(23)10-13)21(4-8-27-9-5-21)20(26)25-17-12-19-18(11-16(17)24)28-6-1-7-29-19/h2-3,10-12H,1,4-9H2,(H,25,26). The van der Waals surface area contributed by atoms with Gasteiger partial charge >= 0.3 is 0 Å². The number of anilines is 1. The van der Waals surface area contributed by atoms with Crippen molar-refractivity contribution in [1.29, 1.82) is 0 Å². The van der Waals surface area contributed by atoms with Crippen LogP contribution in [0.2, 0.25) is 15.1 Å². The van der Waals surface area contributed by atoms with Gasteiger partial charge in [-0.3, -0.25) is 4.79 Å². The van der Waals surface area contributed by atoms with Gasteiger partial charge in [0.1, 0.15) is 0 Å². The highest BCUT2D eigenvalue weighted by molar-refractivity contribution is 6.35. The Bertz CT molecular complexity index is 928. The number of ether oxygens (including phenoxy) is 3. The first-order valence-electron chi connectivity index (χ1n) is 9.43. The van der Waals surface area contributed by atoms with Crippen LogP contribution in [0, 0.1) is 0 Å². The largest absolute Gasteiger partial charge is 0.490 e. The second-order valence-electron chi connectivity index (χ2n) is 7.10. The molecule has 0 spiro atoms. The van der Waals surface area contributed by atoms with Crippen LogP contribution in [0.25, 0.3) is 0 Å². The van der Waals surface area contributed by atoms with E-state index >= 15 is 0 Å². The molecule has 1 fully saturated rings. The van der Waals surface area contributed by atoms with E-state index in [1.165, 1.54) is 0 Å². The molecule has 0 aliphatic carbocycles. The molecule has 0 radical (unpaired) electrons. The predicted molar refractivity (Wildman–Crippen MR) is 114 cm³/mol. The SMILES string of the molecule is O=C(Nc1cc2c(cc1Cl)OCCCO2)C1(c2ccc(Cl)cc2Cl)CCOCC1. The third kappa shape index (κ3) is 4.15. The summed E-state index contributed by atoms with van der Waals surface area (Å²) in [4.78, 5) is 13.5. The van der Waals surface area contributed by atoms with Gasteiger partial charge < -0.3 is 19.5 Å². The van der Waals surface area contributed by atoms with Gasteiger partial charge in [-0.25, -0.2) is 0 Å². The van der Waals surface area contributed by atoms with E-state index in [9.17, 15) is 4.79 Å². The molecule has 2 aliphatic rings. The third-order valence-electron chi connectivity index (χ3n) is 5.31. The van der Waals surface area contributed by atoms with Crippen molar-refractivity contribution < 1.29 is 19.0 Å². The van der Waals surface area contributed by atoms with E-state index in [4.69, 9.17) is 49.0 Å². The van der Waals surface area contributed by atoms with E-state index in [0.717, 1.165) is 12.0 Å². The first-order valence-corrected chi connectivity index (χ1v) is 10.6. The maximum absolute atomic E-state index is 13.5. The number of carbonyl (C=O) groups is 1. The molecule has 0 aromatic heterocycles. The van der Waals surface area contributed by atoms with Crippen LogP contribution in [0.15, 0.2) is 30.3 Å². The van der Waals surface area contributed by atoms with Gasteiger partial charge in [0.2, 0.25) is 5.91 Å². The Morgan fingerprint density at radius 3 is 2.28 bits per heavy atom. The topological polar surface area (TPSA) is 56.8 Å². The zero-order chi connectivity index (χ0) is 20.4. The van der Waals surface area contributed by atoms with Gasteiger partial charge in [0.25, 0.3) is 0 Å². The van der Waals surface area contributed by atoms with Gasteiger partial charge in [-0.15, -0.1) is 0 Å². The van der Waals surface area contributed by atoms with Crippen molar-refractivity contribution in [2.24, 2.45) is 0 Å². The molecule has 154 valence electrons. The van der Waals surface area contributed by atoms with Crippen LogP contribution in [-0.4, -0.2) is 32.3 Å². The van der Waals surface area contributed by atoms with Crippen LogP contribution in [0.4, 0.5) is 5.69 Å². The van der Waals surface area contributed by atoms with Gasteiger partial charge in [0, 0.05) is 41.8 Å². The lowest BCUT2D eigenvalue weighted by molar-refractivity contribution is -0.125. The molecule has 2 aromatic rings. The van der Waals surface area contributed by atoms with E-state index in [-0.39, 0.29) is 5.91 Å². The summed E-state index contributed by atoms with van der Waals surface area (Å²) >= 11 is 19.0. The minimum Gasteiger partial charge on any atom is -0.490 e. The monoisotopic (exact) mass is 455 g/mol. The summed E-state index contributed by atoms with van der Waals surface area (Å²) in [7, 11) is 0. The lowest BCUT2D eigenvalue weighted by Crippen LogP contribution is -2.45. The van der Waals surface area contributed by atoms with Crippen molar-refractivity contribution in [2.45, 2.75) is 24.7 Å². The number of hydrogen-bond acceptors (Lipinski definition) is 4. The van der Waals surface area contributed by atoms with Crippen LogP contribution < -0.4 is 14.8 Å². The van der Waals surface area contributed by atoms with Gasteiger partial charge in [-0.2, -0.15) is 0 Å². The average Bonchev–Trinajstić information content (AvgIpc) is 2.93. The van der Waals surface area contributed by atoms with E-state index < -0.39 is 5.41 Å². The molecule has 1 N–H and O–H groups in total. The van der Waals surface area contributed by atoms with Crippen molar-refractivity contribution >= 4 is 46.4 Å². The Kier molecular flexibility index (Phi) is 6.11. The molecule has 29 heavy (non-hydrogen) atoms. The first-order chi connectivity index (χ1) is 14.0. The van der Waals surface area contributed by atoms with Crippen LogP contribution in [0.3, 0.4) is 0 Å². The highest BCUT2D eigenvalue weighted by atomic mass is 35.5. The number of amides is 1. The normalized spacial score (nSPS) is 18.0. The zero-order valence-corrected chi connectivity index (χ0v) is 17.9. The number of benzene rings is 2. The fourth-order valence-electron chi connectivity index (χ4n) is 3.74. The van der Waals surface area contributed by atoms with Crippen molar-refractivity contribution in [1.82, 2.24) is 0 Å². The second kappa shape index (κ2) is 8.60. The maximum Gasteiger partial charge on any atom is 0.235 e. The smallest absolute Gasteiger partial charge is 0.235 e. The summed E-state index contributed by atoms with van der Waals surface area (Å²) in [6, 6.07) is 8.59. The summed E-state index contributed by atoms with van der Waals surface area (Å²) in [5, 5.41) is 4.34. The molecule has 1 saturated heterocycles. The van der Waals surface area contributed by atoms with Gasteiger partial charge in [0.05, 0.1) is 29.3 Å². The van der Waals surface area contributed by atoms with Crippen molar-refractivity contribution in [3.63, 3.8) is 0 Å². The first kappa shape index (κ1) is 20.6. The lowest BCUT2D eigenvalue weighted by Gasteiger charge is -2.37. The van der Waals surface area contributed by atoms with Crippen molar-refractivity contribution in [3.8, 4) is 11.5 Å². The lowest BCUT2D eigenvalue weighted by atomic mass is 9.73. The molecule has 2 heterocycles.